The molecule has 0 aliphatic rings. The monoisotopic (exact) mass is 363 g/mol. The third-order valence-corrected chi connectivity index (χ3v) is 4.78. The number of para-hydroxylation sites is 2. The molecule has 2 heterocycles. The fraction of sp³-hybridized carbons (Fsp3) is 0.100. The summed E-state index contributed by atoms with van der Waals surface area (Å²) in [5.41, 5.74) is 1.91. The van der Waals surface area contributed by atoms with Crippen LogP contribution in [0.2, 0.25) is 0 Å². The van der Waals surface area contributed by atoms with Crippen LogP contribution in [0.5, 0.6) is 11.8 Å². The van der Waals surface area contributed by atoms with Gasteiger partial charge in [-0.05, 0) is 29.1 Å². The smallest absolute Gasteiger partial charge is 0.322 e. The van der Waals surface area contributed by atoms with E-state index in [0.717, 1.165) is 27.7 Å². The summed E-state index contributed by atoms with van der Waals surface area (Å²) in [7, 11) is 1.65. The van der Waals surface area contributed by atoms with E-state index in [0.29, 0.717) is 12.6 Å². The number of hydrogen-bond donors (Lipinski definition) is 0. The summed E-state index contributed by atoms with van der Waals surface area (Å²) in [5, 5.41) is 10.7. The summed E-state index contributed by atoms with van der Waals surface area (Å²) in [6.45, 7) is 0.415. The molecule has 0 saturated carbocycles. The van der Waals surface area contributed by atoms with E-state index in [-0.39, 0.29) is 0 Å². The number of hydrogen-bond acceptors (Lipinski definition) is 5. The highest BCUT2D eigenvalue weighted by Crippen LogP contribution is 2.33. The van der Waals surface area contributed by atoms with E-state index in [2.05, 4.69) is 10.2 Å². The molecule has 26 heavy (non-hydrogen) atoms. The van der Waals surface area contributed by atoms with Crippen molar-refractivity contribution in [3.8, 4) is 28.1 Å². The summed E-state index contributed by atoms with van der Waals surface area (Å²) in [6.07, 6.45) is 0. The molecule has 0 bridgehead atoms. The van der Waals surface area contributed by atoms with Crippen LogP contribution < -0.4 is 9.47 Å². The lowest BCUT2D eigenvalue weighted by molar-refractivity contribution is 0.274. The fourth-order valence-corrected chi connectivity index (χ4v) is 3.38. The fourth-order valence-electron chi connectivity index (χ4n) is 2.68. The van der Waals surface area contributed by atoms with Crippen LogP contribution in [0.1, 0.15) is 5.56 Å². The van der Waals surface area contributed by atoms with E-state index in [1.165, 1.54) is 0 Å². The molecule has 0 saturated heterocycles. The zero-order valence-corrected chi connectivity index (χ0v) is 15.0. The second-order valence-corrected chi connectivity index (χ2v) is 6.51. The summed E-state index contributed by atoms with van der Waals surface area (Å²) >= 11 is 1.61. The lowest BCUT2D eigenvalue weighted by Crippen LogP contribution is -2.05. The first-order valence-electron chi connectivity index (χ1n) is 8.16. The third kappa shape index (κ3) is 3.19. The van der Waals surface area contributed by atoms with E-state index in [9.17, 15) is 0 Å². The molecule has 0 aliphatic carbocycles. The van der Waals surface area contributed by atoms with Gasteiger partial charge in [-0.25, -0.2) is 4.57 Å². The largest absolute Gasteiger partial charge is 0.495 e. The van der Waals surface area contributed by atoms with E-state index < -0.39 is 0 Å². The number of rotatable bonds is 6. The highest BCUT2D eigenvalue weighted by molar-refractivity contribution is 7.13. The molecule has 0 spiro atoms. The number of aromatic nitrogens is 3. The first kappa shape index (κ1) is 16.4. The van der Waals surface area contributed by atoms with Crippen LogP contribution in [-0.2, 0) is 6.61 Å². The van der Waals surface area contributed by atoms with Crippen molar-refractivity contribution in [2.75, 3.05) is 7.11 Å². The standard InChI is InChI=1S/C20H17N3O2S/c1-24-17-11-6-5-10-16(17)23-19(18-12-7-13-26-18)21-22-20(23)25-14-15-8-3-2-4-9-15/h2-13H,14H2,1H3. The molecule has 130 valence electrons. The van der Waals surface area contributed by atoms with Gasteiger partial charge in [0.05, 0.1) is 17.7 Å². The molecule has 5 nitrogen and oxygen atoms in total. The Labute approximate surface area is 155 Å². The zero-order valence-electron chi connectivity index (χ0n) is 14.2. The number of ether oxygens (including phenoxy) is 2. The summed E-state index contributed by atoms with van der Waals surface area (Å²) in [4.78, 5) is 1.01. The lowest BCUT2D eigenvalue weighted by atomic mass is 10.2. The van der Waals surface area contributed by atoms with Gasteiger partial charge in [-0.2, -0.15) is 0 Å². The van der Waals surface area contributed by atoms with E-state index in [4.69, 9.17) is 9.47 Å². The van der Waals surface area contributed by atoms with Crippen LogP contribution >= 0.6 is 11.3 Å². The van der Waals surface area contributed by atoms with Gasteiger partial charge in [0.1, 0.15) is 12.4 Å². The molecule has 0 N–H and O–H groups in total. The van der Waals surface area contributed by atoms with Gasteiger partial charge in [0.25, 0.3) is 0 Å². The van der Waals surface area contributed by atoms with Crippen molar-refractivity contribution in [3.05, 3.63) is 77.7 Å². The average molecular weight is 363 g/mol. The van der Waals surface area contributed by atoms with Crippen LogP contribution in [0.25, 0.3) is 16.4 Å². The molecule has 2 aromatic heterocycles. The average Bonchev–Trinajstić information content (AvgIpc) is 3.36. The van der Waals surface area contributed by atoms with Crippen molar-refractivity contribution in [3.63, 3.8) is 0 Å². The first-order valence-corrected chi connectivity index (χ1v) is 9.04. The van der Waals surface area contributed by atoms with Crippen molar-refractivity contribution in [1.82, 2.24) is 14.8 Å². The van der Waals surface area contributed by atoms with Crippen LogP contribution in [0.3, 0.4) is 0 Å². The third-order valence-electron chi connectivity index (χ3n) is 3.91. The Hall–Kier alpha value is -3.12. The maximum atomic E-state index is 5.99. The molecule has 6 heteroatoms. The maximum Gasteiger partial charge on any atom is 0.322 e. The normalized spacial score (nSPS) is 10.7. The van der Waals surface area contributed by atoms with Gasteiger partial charge in [0.15, 0.2) is 5.82 Å². The molecule has 0 fully saturated rings. The second kappa shape index (κ2) is 7.41. The Balaban J connectivity index is 1.77. The van der Waals surface area contributed by atoms with Crippen LogP contribution in [-0.4, -0.2) is 21.9 Å². The Morgan fingerprint density at radius 3 is 2.50 bits per heavy atom. The maximum absolute atomic E-state index is 5.99. The quantitative estimate of drug-likeness (QED) is 0.503. The predicted molar refractivity (Wildman–Crippen MR) is 102 cm³/mol. The minimum Gasteiger partial charge on any atom is -0.495 e. The topological polar surface area (TPSA) is 49.2 Å². The molecule has 2 aromatic carbocycles. The van der Waals surface area contributed by atoms with Crippen molar-refractivity contribution in [2.45, 2.75) is 6.61 Å². The Bertz CT molecular complexity index is 981. The van der Waals surface area contributed by atoms with Gasteiger partial charge in [-0.1, -0.05) is 53.6 Å². The highest BCUT2D eigenvalue weighted by atomic mass is 32.1. The summed E-state index contributed by atoms with van der Waals surface area (Å²) < 4.78 is 13.4. The van der Waals surface area contributed by atoms with E-state index in [1.54, 1.807) is 18.4 Å². The second-order valence-electron chi connectivity index (χ2n) is 5.57. The Kier molecular flexibility index (Phi) is 4.66. The van der Waals surface area contributed by atoms with Crippen molar-refractivity contribution in [2.24, 2.45) is 0 Å². The zero-order chi connectivity index (χ0) is 17.8. The summed E-state index contributed by atoms with van der Waals surface area (Å²) in [5.74, 6) is 1.46. The molecule has 0 aliphatic heterocycles. The molecule has 4 rings (SSSR count). The molecule has 4 aromatic rings. The SMILES string of the molecule is COc1ccccc1-n1c(OCc2ccccc2)nnc1-c1cccs1. The van der Waals surface area contributed by atoms with Crippen molar-refractivity contribution < 1.29 is 9.47 Å². The molecule has 0 amide bonds. The Morgan fingerprint density at radius 1 is 0.923 bits per heavy atom. The van der Waals surface area contributed by atoms with Crippen LogP contribution in [0.4, 0.5) is 0 Å². The number of methoxy groups -OCH3 is 1. The van der Waals surface area contributed by atoms with Gasteiger partial charge in [-0.15, -0.1) is 16.4 Å². The first-order chi connectivity index (χ1) is 12.9. The highest BCUT2D eigenvalue weighted by Gasteiger charge is 2.20. The van der Waals surface area contributed by atoms with Gasteiger partial charge in [0, 0.05) is 0 Å². The van der Waals surface area contributed by atoms with Crippen LogP contribution in [0, 0.1) is 0 Å². The van der Waals surface area contributed by atoms with Crippen LogP contribution in [0.15, 0.2) is 72.1 Å². The molecular weight excluding hydrogens is 346 g/mol. The minimum atomic E-state index is 0.415. The minimum absolute atomic E-state index is 0.415. The molecule has 0 atom stereocenters. The molecule has 0 unspecified atom stereocenters. The van der Waals surface area contributed by atoms with E-state index in [1.807, 2.05) is 76.7 Å². The predicted octanol–water partition coefficient (Wildman–Crippen LogP) is 4.58. The van der Waals surface area contributed by atoms with Crippen molar-refractivity contribution >= 4 is 11.3 Å². The van der Waals surface area contributed by atoms with E-state index >= 15 is 0 Å². The number of nitrogens with zero attached hydrogens (tertiary/aromatic N) is 3. The van der Waals surface area contributed by atoms with Gasteiger partial charge in [-0.3, -0.25) is 0 Å². The summed E-state index contributed by atoms with van der Waals surface area (Å²) in [6, 6.07) is 22.2. The lowest BCUT2D eigenvalue weighted by Gasteiger charge is -2.13. The molecular formula is C20H17N3O2S. The van der Waals surface area contributed by atoms with Gasteiger partial charge in [0.2, 0.25) is 0 Å². The van der Waals surface area contributed by atoms with Gasteiger partial charge >= 0.3 is 6.01 Å². The molecule has 0 radical (unpaired) electrons. The van der Waals surface area contributed by atoms with Crippen molar-refractivity contribution in [1.29, 1.82) is 0 Å². The number of thiophene rings is 1. The number of benzene rings is 2. The van der Waals surface area contributed by atoms with Gasteiger partial charge < -0.3 is 9.47 Å². The Morgan fingerprint density at radius 2 is 1.73 bits per heavy atom.